The van der Waals surface area contributed by atoms with Gasteiger partial charge in [0.25, 0.3) is 0 Å². The number of nitrogens with zero attached hydrogens (tertiary/aromatic N) is 1. The van der Waals surface area contributed by atoms with E-state index in [1.54, 1.807) is 0 Å². The summed E-state index contributed by atoms with van der Waals surface area (Å²) in [5.41, 5.74) is 30.9. The molecule has 0 bridgehead atoms. The van der Waals surface area contributed by atoms with Crippen LogP contribution in [0.15, 0.2) is 285 Å². The Hall–Kier alpha value is -9.56. The Bertz CT molecular complexity index is 4200. The third kappa shape index (κ3) is 5.62. The molecule has 75 heavy (non-hydrogen) atoms. The third-order valence-electron chi connectivity index (χ3n) is 17.1. The highest BCUT2D eigenvalue weighted by atomic mass is 15.1. The minimum Gasteiger partial charge on any atom is -0.310 e. The molecule has 0 fully saturated rings. The normalized spacial score (nSPS) is 13.8. The molecule has 4 aliphatic rings. The maximum absolute atomic E-state index is 2.49. The summed E-state index contributed by atoms with van der Waals surface area (Å²) in [4.78, 5) is 2.49. The van der Waals surface area contributed by atoms with Crippen molar-refractivity contribution in [2.24, 2.45) is 0 Å². The van der Waals surface area contributed by atoms with Crippen molar-refractivity contribution >= 4 is 17.1 Å². The van der Waals surface area contributed by atoms with Crippen molar-refractivity contribution in [2.45, 2.75) is 10.8 Å². The Morgan fingerprint density at radius 1 is 0.187 bits per heavy atom. The van der Waals surface area contributed by atoms with E-state index in [4.69, 9.17) is 0 Å². The van der Waals surface area contributed by atoms with Crippen molar-refractivity contribution in [3.8, 4) is 77.9 Å². The average Bonchev–Trinajstić information content (AvgIpc) is 4.37. The lowest BCUT2D eigenvalue weighted by molar-refractivity contribution is 0.794. The number of hydrogen-bond donors (Lipinski definition) is 0. The first-order valence-electron chi connectivity index (χ1n) is 26.3. The van der Waals surface area contributed by atoms with Crippen LogP contribution < -0.4 is 4.90 Å². The van der Waals surface area contributed by atoms with Crippen LogP contribution in [0.4, 0.5) is 17.1 Å². The second-order valence-corrected chi connectivity index (χ2v) is 20.5. The van der Waals surface area contributed by atoms with Gasteiger partial charge < -0.3 is 4.90 Å². The zero-order chi connectivity index (χ0) is 49.2. The van der Waals surface area contributed by atoms with E-state index in [1.165, 1.54) is 122 Å². The van der Waals surface area contributed by atoms with Crippen molar-refractivity contribution in [3.63, 3.8) is 0 Å². The van der Waals surface area contributed by atoms with Gasteiger partial charge in [-0.1, -0.05) is 255 Å². The largest absolute Gasteiger partial charge is 0.310 e. The first-order valence-corrected chi connectivity index (χ1v) is 26.3. The summed E-state index contributed by atoms with van der Waals surface area (Å²) in [6, 6.07) is 107. The van der Waals surface area contributed by atoms with E-state index in [0.29, 0.717) is 0 Å². The predicted octanol–water partition coefficient (Wildman–Crippen LogP) is 18.8. The minimum absolute atomic E-state index is 0.406. The fourth-order valence-corrected chi connectivity index (χ4v) is 14.3. The van der Waals surface area contributed by atoms with Crippen LogP contribution in [0.5, 0.6) is 0 Å². The maximum Gasteiger partial charge on any atom is 0.0726 e. The molecule has 0 amide bonds. The van der Waals surface area contributed by atoms with Gasteiger partial charge in [-0.15, -0.1) is 0 Å². The summed E-state index contributed by atoms with van der Waals surface area (Å²) in [6.45, 7) is 0. The molecule has 0 saturated heterocycles. The van der Waals surface area contributed by atoms with Gasteiger partial charge in [0.2, 0.25) is 0 Å². The molecule has 0 saturated carbocycles. The van der Waals surface area contributed by atoms with Crippen molar-refractivity contribution in [3.05, 3.63) is 330 Å². The van der Waals surface area contributed by atoms with E-state index in [0.717, 1.165) is 17.1 Å². The van der Waals surface area contributed by atoms with Crippen LogP contribution in [-0.2, 0) is 10.8 Å². The van der Waals surface area contributed by atoms with Gasteiger partial charge in [-0.3, -0.25) is 0 Å². The molecule has 0 atom stereocenters. The van der Waals surface area contributed by atoms with Crippen LogP contribution in [0.2, 0.25) is 0 Å². The lowest BCUT2D eigenvalue weighted by Gasteiger charge is -2.32. The molecule has 0 unspecified atom stereocenters. The Balaban J connectivity index is 0.870. The first-order chi connectivity index (χ1) is 37.2. The summed E-state index contributed by atoms with van der Waals surface area (Å²) in [6.07, 6.45) is 0. The lowest BCUT2D eigenvalue weighted by Crippen LogP contribution is -2.26. The monoisotopic (exact) mass is 949 g/mol. The Kier molecular flexibility index (Phi) is 8.94. The van der Waals surface area contributed by atoms with Gasteiger partial charge in [-0.05, 0) is 147 Å². The van der Waals surface area contributed by atoms with Crippen LogP contribution in [0.1, 0.15) is 44.5 Å². The molecule has 0 aliphatic heterocycles. The predicted molar refractivity (Wildman–Crippen MR) is 310 cm³/mol. The minimum atomic E-state index is -0.451. The molecular weight excluding hydrogens is 903 g/mol. The van der Waals surface area contributed by atoms with Gasteiger partial charge in [-0.2, -0.15) is 0 Å². The SMILES string of the molecule is c1ccc(-c2ccc(N(c3ccc(-c4ccccc4-c4cccc5c4-c4ccccc4C54c5ccccc5-c5ccccc54)cc3)c3cccc4c3-c3ccccc3C43c4ccccc4-c4ccccc43)cc2)cc1. The number of hydrogen-bond acceptors (Lipinski definition) is 1. The Morgan fingerprint density at radius 2 is 0.507 bits per heavy atom. The van der Waals surface area contributed by atoms with Crippen LogP contribution in [0.25, 0.3) is 77.9 Å². The average molecular weight is 950 g/mol. The molecule has 1 heteroatoms. The highest BCUT2D eigenvalue weighted by molar-refractivity contribution is 6.04. The molecule has 4 aliphatic carbocycles. The zero-order valence-corrected chi connectivity index (χ0v) is 41.1. The zero-order valence-electron chi connectivity index (χ0n) is 41.1. The molecule has 348 valence electrons. The van der Waals surface area contributed by atoms with Crippen molar-refractivity contribution in [1.29, 1.82) is 0 Å². The molecular formula is C74H47N. The number of benzene rings is 12. The molecule has 0 N–H and O–H groups in total. The highest BCUT2D eigenvalue weighted by Crippen LogP contribution is 2.66. The second-order valence-electron chi connectivity index (χ2n) is 20.5. The Labute approximate surface area is 438 Å². The van der Waals surface area contributed by atoms with Crippen molar-refractivity contribution < 1.29 is 0 Å². The molecule has 16 rings (SSSR count). The van der Waals surface area contributed by atoms with E-state index in [2.05, 4.69) is 290 Å². The first kappa shape index (κ1) is 42.0. The molecule has 2 spiro atoms. The molecule has 0 heterocycles. The van der Waals surface area contributed by atoms with Crippen LogP contribution in [-0.4, -0.2) is 0 Å². The number of anilines is 3. The van der Waals surface area contributed by atoms with E-state index in [9.17, 15) is 0 Å². The summed E-state index contributed by atoms with van der Waals surface area (Å²) in [5, 5.41) is 0. The quantitative estimate of drug-likeness (QED) is 0.161. The van der Waals surface area contributed by atoms with E-state index < -0.39 is 10.8 Å². The van der Waals surface area contributed by atoms with Gasteiger partial charge in [0.1, 0.15) is 0 Å². The van der Waals surface area contributed by atoms with Crippen molar-refractivity contribution in [2.75, 3.05) is 4.90 Å². The van der Waals surface area contributed by atoms with Gasteiger partial charge >= 0.3 is 0 Å². The van der Waals surface area contributed by atoms with Crippen LogP contribution in [0.3, 0.4) is 0 Å². The molecule has 12 aromatic rings. The summed E-state index contributed by atoms with van der Waals surface area (Å²) >= 11 is 0. The highest BCUT2D eigenvalue weighted by Gasteiger charge is 2.54. The van der Waals surface area contributed by atoms with Gasteiger partial charge in [-0.25, -0.2) is 0 Å². The molecule has 0 aromatic heterocycles. The van der Waals surface area contributed by atoms with E-state index in [1.807, 2.05) is 0 Å². The fourth-order valence-electron chi connectivity index (χ4n) is 14.3. The van der Waals surface area contributed by atoms with E-state index >= 15 is 0 Å². The molecule has 0 radical (unpaired) electrons. The number of fused-ring (bicyclic) bond motifs is 20. The smallest absolute Gasteiger partial charge is 0.0726 e. The maximum atomic E-state index is 2.49. The number of rotatable bonds is 6. The van der Waals surface area contributed by atoms with Crippen LogP contribution >= 0.6 is 0 Å². The van der Waals surface area contributed by atoms with Crippen LogP contribution in [0, 0.1) is 0 Å². The standard InChI is InChI=1S/C74H47N/c1-2-20-48(21-3-1)49-40-44-51(45-41-49)75(70-39-19-38-69-72(70)61-29-11-17-36-67(61)74(69)64-33-14-8-26-57(64)58-27-9-15-34-65(58)74)52-46-42-50(43-47-52)53-22-4-5-23-54(53)59-30-18-37-68-71(59)60-28-10-16-35-66(60)73(68)62-31-12-6-24-55(62)56-25-7-13-32-63(56)73/h1-47H. The van der Waals surface area contributed by atoms with Gasteiger partial charge in [0.05, 0.1) is 16.5 Å². The molecule has 1 nitrogen and oxygen atoms in total. The van der Waals surface area contributed by atoms with E-state index in [-0.39, 0.29) is 0 Å². The van der Waals surface area contributed by atoms with Gasteiger partial charge in [0, 0.05) is 16.9 Å². The summed E-state index contributed by atoms with van der Waals surface area (Å²) in [5.74, 6) is 0. The topological polar surface area (TPSA) is 3.24 Å². The fraction of sp³-hybridized carbons (Fsp3) is 0.0270. The van der Waals surface area contributed by atoms with Crippen molar-refractivity contribution in [1.82, 2.24) is 0 Å². The van der Waals surface area contributed by atoms with Gasteiger partial charge in [0.15, 0.2) is 0 Å². The lowest BCUT2D eigenvalue weighted by atomic mass is 9.70. The summed E-state index contributed by atoms with van der Waals surface area (Å²) < 4.78 is 0. The molecule has 12 aromatic carbocycles. The second kappa shape index (κ2) is 16.0. The Morgan fingerprint density at radius 3 is 1.00 bits per heavy atom. The summed E-state index contributed by atoms with van der Waals surface area (Å²) in [7, 11) is 0. The third-order valence-corrected chi connectivity index (χ3v) is 17.1.